The van der Waals surface area contributed by atoms with Gasteiger partial charge in [-0.3, -0.25) is 9.59 Å². The van der Waals surface area contributed by atoms with E-state index in [-0.39, 0.29) is 23.2 Å². The summed E-state index contributed by atoms with van der Waals surface area (Å²) in [6, 6.07) is 11.9. The number of rotatable bonds is 8. The summed E-state index contributed by atoms with van der Waals surface area (Å²) in [6.45, 7) is 3.47. The van der Waals surface area contributed by atoms with Crippen LogP contribution in [0.1, 0.15) is 35.7 Å². The Labute approximate surface area is 172 Å². The lowest BCUT2D eigenvalue weighted by molar-refractivity contribution is -0.147. The maximum Gasteiger partial charge on any atom is 0.321 e. The van der Waals surface area contributed by atoms with Crippen molar-refractivity contribution in [2.24, 2.45) is 0 Å². The molecule has 0 bridgehead atoms. The summed E-state index contributed by atoms with van der Waals surface area (Å²) in [5.41, 5.74) is 0.698. The Morgan fingerprint density at radius 1 is 0.862 bits per heavy atom. The standard InChI is InChI=1S/C21H24O6.H3OP/c1-13(2)27-21(23)18(14-9-7-6-8-10-14)20(22)19-16(25-4)11-15(24-3)12-17(19)26-5;1-2/h6-13,18H,1-5H3;2H3. The second-order valence-corrected chi connectivity index (χ2v) is 6.10. The highest BCUT2D eigenvalue weighted by molar-refractivity contribution is 7.00. The monoisotopic (exact) mass is 422 g/mol. The fraction of sp³-hybridized carbons (Fsp3) is 0.333. The van der Waals surface area contributed by atoms with E-state index in [1.807, 2.05) is 6.07 Å². The van der Waals surface area contributed by atoms with Crippen LogP contribution in [0.25, 0.3) is 0 Å². The van der Waals surface area contributed by atoms with Gasteiger partial charge in [-0.1, -0.05) is 30.3 Å². The van der Waals surface area contributed by atoms with Crippen LogP contribution >= 0.6 is 9.12 Å². The SMILES string of the molecule is COc1cc(OC)c(C(=O)C(C(=O)OC(C)C)c2ccccc2)c(OC)c1.O=[PH3]. The third-order valence-corrected chi connectivity index (χ3v) is 3.94. The molecule has 0 spiro atoms. The quantitative estimate of drug-likeness (QED) is 0.278. The lowest BCUT2D eigenvalue weighted by Gasteiger charge is -2.20. The third-order valence-electron chi connectivity index (χ3n) is 3.94. The van der Waals surface area contributed by atoms with Crippen molar-refractivity contribution < 1.29 is 33.1 Å². The summed E-state index contributed by atoms with van der Waals surface area (Å²) in [5, 5.41) is 0. The maximum atomic E-state index is 13.4. The molecule has 2 rings (SSSR count). The topological polar surface area (TPSA) is 88.1 Å². The van der Waals surface area contributed by atoms with Crippen LogP contribution < -0.4 is 14.2 Å². The number of esters is 1. The number of methoxy groups -OCH3 is 3. The lowest BCUT2D eigenvalue weighted by Crippen LogP contribution is -2.27. The van der Waals surface area contributed by atoms with Gasteiger partial charge in [0.15, 0.2) is 5.78 Å². The number of ether oxygens (including phenoxy) is 4. The molecule has 0 fully saturated rings. The Balaban J connectivity index is 0.00000204. The first-order chi connectivity index (χ1) is 13.9. The van der Waals surface area contributed by atoms with Gasteiger partial charge in [-0.25, -0.2) is 0 Å². The normalized spacial score (nSPS) is 11.1. The molecule has 7 nitrogen and oxygen atoms in total. The molecule has 2 atom stereocenters. The van der Waals surface area contributed by atoms with Crippen molar-refractivity contribution in [3.63, 3.8) is 0 Å². The molecule has 8 heteroatoms. The molecule has 0 aliphatic heterocycles. The van der Waals surface area contributed by atoms with Crippen LogP contribution in [0.15, 0.2) is 42.5 Å². The summed E-state index contributed by atoms with van der Waals surface area (Å²) < 4.78 is 29.6. The minimum atomic E-state index is -1.13. The number of hydrogen-bond donors (Lipinski definition) is 0. The Morgan fingerprint density at radius 2 is 1.38 bits per heavy atom. The molecule has 0 saturated heterocycles. The molecule has 0 N–H and O–H groups in total. The molecule has 0 aliphatic carbocycles. The average molecular weight is 422 g/mol. The summed E-state index contributed by atoms with van der Waals surface area (Å²) in [5.74, 6) is -1.24. The zero-order chi connectivity index (χ0) is 22.0. The van der Waals surface area contributed by atoms with E-state index in [9.17, 15) is 9.59 Å². The van der Waals surface area contributed by atoms with Gasteiger partial charge in [-0.15, -0.1) is 0 Å². The van der Waals surface area contributed by atoms with Crippen LogP contribution in [0.3, 0.4) is 0 Å². The lowest BCUT2D eigenvalue weighted by atomic mass is 9.89. The van der Waals surface area contributed by atoms with E-state index < -0.39 is 17.7 Å². The highest BCUT2D eigenvalue weighted by Crippen LogP contribution is 2.37. The fourth-order valence-corrected chi connectivity index (χ4v) is 2.73. The summed E-state index contributed by atoms with van der Waals surface area (Å²) in [4.78, 5) is 26.2. The van der Waals surface area contributed by atoms with Crippen molar-refractivity contribution in [3.05, 3.63) is 53.6 Å². The molecule has 158 valence electrons. The van der Waals surface area contributed by atoms with Gasteiger partial charge in [0.05, 0.1) is 36.6 Å². The average Bonchev–Trinajstić information content (AvgIpc) is 2.74. The maximum absolute atomic E-state index is 13.4. The first kappa shape index (κ1) is 24.2. The van der Waals surface area contributed by atoms with Crippen LogP contribution in [0.5, 0.6) is 17.2 Å². The van der Waals surface area contributed by atoms with Crippen molar-refractivity contribution >= 4 is 20.9 Å². The summed E-state index contributed by atoms with van der Waals surface area (Å²) in [6.07, 6.45) is -0.351. The van der Waals surface area contributed by atoms with Gasteiger partial charge in [0.2, 0.25) is 0 Å². The Hall–Kier alpha value is -2.79. The number of carbonyl (C=O) groups is 2. The molecule has 0 heterocycles. The molecule has 2 unspecified atom stereocenters. The molecular formula is C21H27O7P. The van der Waals surface area contributed by atoms with Gasteiger partial charge in [0.1, 0.15) is 28.7 Å². The van der Waals surface area contributed by atoms with Crippen molar-refractivity contribution in [2.45, 2.75) is 25.9 Å². The van der Waals surface area contributed by atoms with E-state index in [1.54, 1.807) is 50.2 Å². The van der Waals surface area contributed by atoms with E-state index in [0.29, 0.717) is 20.4 Å². The zero-order valence-electron chi connectivity index (χ0n) is 17.3. The van der Waals surface area contributed by atoms with Crippen molar-refractivity contribution in [3.8, 4) is 17.2 Å². The number of benzene rings is 2. The molecule has 0 aliphatic rings. The molecule has 2 aromatic carbocycles. The summed E-state index contributed by atoms with van der Waals surface area (Å²) >= 11 is 0. The molecule has 0 aromatic heterocycles. The molecule has 0 amide bonds. The van der Waals surface area contributed by atoms with Crippen molar-refractivity contribution in [1.29, 1.82) is 0 Å². The van der Waals surface area contributed by atoms with Crippen LogP contribution in [0.2, 0.25) is 0 Å². The highest BCUT2D eigenvalue weighted by atomic mass is 31.0. The van der Waals surface area contributed by atoms with Crippen molar-refractivity contribution in [2.75, 3.05) is 21.3 Å². The van der Waals surface area contributed by atoms with Gasteiger partial charge < -0.3 is 23.5 Å². The van der Waals surface area contributed by atoms with Crippen LogP contribution in [-0.4, -0.2) is 39.2 Å². The smallest absolute Gasteiger partial charge is 0.321 e. The van der Waals surface area contributed by atoms with Gasteiger partial charge in [-0.2, -0.15) is 0 Å². The second-order valence-electron chi connectivity index (χ2n) is 6.10. The van der Waals surface area contributed by atoms with E-state index in [1.165, 1.54) is 21.3 Å². The first-order valence-corrected chi connectivity index (χ1v) is 9.39. The Morgan fingerprint density at radius 3 is 1.79 bits per heavy atom. The molecule has 2 aromatic rings. The number of Topliss-reactive ketones (excluding diaryl/α,β-unsaturated/α-hetero) is 1. The number of carbonyl (C=O) groups excluding carboxylic acids is 2. The van der Waals surface area contributed by atoms with Crippen LogP contribution in [0.4, 0.5) is 0 Å². The number of ketones is 1. The van der Waals surface area contributed by atoms with Gasteiger partial charge >= 0.3 is 5.97 Å². The largest absolute Gasteiger partial charge is 0.496 e. The predicted octanol–water partition coefficient (Wildman–Crippen LogP) is 3.57. The molecule has 0 saturated carbocycles. The molecule has 29 heavy (non-hydrogen) atoms. The fourth-order valence-electron chi connectivity index (χ4n) is 2.73. The van der Waals surface area contributed by atoms with Crippen LogP contribution in [0, 0.1) is 0 Å². The minimum absolute atomic E-state index is 0.162. The Kier molecular flexibility index (Phi) is 9.97. The van der Waals surface area contributed by atoms with E-state index >= 15 is 0 Å². The van der Waals surface area contributed by atoms with E-state index in [0.717, 1.165) is 0 Å². The molecule has 0 radical (unpaired) electrons. The first-order valence-electron chi connectivity index (χ1n) is 8.81. The number of hydrogen-bond acceptors (Lipinski definition) is 7. The summed E-state index contributed by atoms with van der Waals surface area (Å²) in [7, 11) is 4.99. The molecular weight excluding hydrogens is 395 g/mol. The third kappa shape index (κ3) is 6.09. The Bertz CT molecular complexity index is 796. The van der Waals surface area contributed by atoms with E-state index in [4.69, 9.17) is 23.5 Å². The predicted molar refractivity (Wildman–Crippen MR) is 113 cm³/mol. The van der Waals surface area contributed by atoms with Gasteiger partial charge in [0, 0.05) is 12.1 Å². The minimum Gasteiger partial charge on any atom is -0.496 e. The zero-order valence-corrected chi connectivity index (χ0v) is 18.7. The van der Waals surface area contributed by atoms with E-state index in [2.05, 4.69) is 0 Å². The van der Waals surface area contributed by atoms with Gasteiger partial charge in [-0.05, 0) is 19.4 Å². The highest BCUT2D eigenvalue weighted by Gasteiger charge is 2.35. The second kappa shape index (κ2) is 11.9. The van der Waals surface area contributed by atoms with Crippen molar-refractivity contribution in [1.82, 2.24) is 0 Å². The van der Waals surface area contributed by atoms with Crippen LogP contribution in [-0.2, 0) is 14.1 Å². The van der Waals surface area contributed by atoms with Gasteiger partial charge in [0.25, 0.3) is 0 Å².